The van der Waals surface area contributed by atoms with Gasteiger partial charge >= 0.3 is 8.25 Å². The summed E-state index contributed by atoms with van der Waals surface area (Å²) in [5.41, 5.74) is 1.17. The minimum Gasteiger partial charge on any atom is -0.326 e. The highest BCUT2D eigenvalue weighted by molar-refractivity contribution is 7.30. The highest BCUT2D eigenvalue weighted by Crippen LogP contribution is 2.15. The van der Waals surface area contributed by atoms with E-state index >= 15 is 0 Å². The van der Waals surface area contributed by atoms with E-state index in [2.05, 4.69) is 49.0 Å². The Hall–Kier alpha value is -1.41. The first kappa shape index (κ1) is 12.7. The molecule has 84 valence electrons. The Balaban J connectivity index is 0.000000280. The number of rotatable bonds is 1. The maximum atomic E-state index is 8.74. The van der Waals surface area contributed by atoms with Crippen molar-refractivity contribution in [3.05, 3.63) is 54.6 Å². The molecule has 0 spiro atoms. The van der Waals surface area contributed by atoms with E-state index in [1.807, 2.05) is 6.08 Å². The molecule has 0 atom stereocenters. The lowest BCUT2D eigenvalue weighted by molar-refractivity contribution is 0.405. The molecule has 0 radical (unpaired) electrons. The molecule has 0 saturated carbocycles. The lowest BCUT2D eigenvalue weighted by atomic mass is 10.1. The fraction of sp³-hybridized carbons (Fsp3) is 0. The molecule has 0 heterocycles. The van der Waals surface area contributed by atoms with Crippen LogP contribution in [0.1, 0.15) is 5.56 Å². The smallest absolute Gasteiger partial charge is 0.314 e. The Kier molecular flexibility index (Phi) is 4.93. The van der Waals surface area contributed by atoms with Gasteiger partial charge < -0.3 is 9.79 Å². The average Bonchev–Trinajstić information content (AvgIpc) is 2.27. The number of benzene rings is 2. The van der Waals surface area contributed by atoms with Crippen LogP contribution in [0.15, 0.2) is 49.0 Å². The van der Waals surface area contributed by atoms with Gasteiger partial charge in [-0.15, -0.1) is 0 Å². The summed E-state index contributed by atoms with van der Waals surface area (Å²) in [5, 5.41) is 2.55. The third kappa shape index (κ3) is 3.99. The maximum Gasteiger partial charge on any atom is 0.314 e. The Morgan fingerprint density at radius 3 is 2.19 bits per heavy atom. The summed E-state index contributed by atoms with van der Waals surface area (Å²) in [6.45, 7) is 3.74. The number of hydrogen-bond donors (Lipinski definition) is 2. The largest absolute Gasteiger partial charge is 0.326 e. The molecule has 3 nitrogen and oxygen atoms in total. The zero-order chi connectivity index (χ0) is 12.0. The van der Waals surface area contributed by atoms with Crippen LogP contribution in [0.3, 0.4) is 0 Å². The Bertz CT molecular complexity index is 504. The summed E-state index contributed by atoms with van der Waals surface area (Å²) in [4.78, 5) is 14.3. The van der Waals surface area contributed by atoms with Crippen molar-refractivity contribution < 1.29 is 14.4 Å². The summed E-state index contributed by atoms with van der Waals surface area (Å²) in [5.74, 6) is 0. The fourth-order valence-electron chi connectivity index (χ4n) is 1.33. The lowest BCUT2D eigenvalue weighted by Gasteiger charge is -1.97. The van der Waals surface area contributed by atoms with E-state index in [-0.39, 0.29) is 0 Å². The first-order chi connectivity index (χ1) is 7.63. The van der Waals surface area contributed by atoms with Crippen molar-refractivity contribution >= 4 is 25.1 Å². The molecule has 0 aliphatic carbocycles. The van der Waals surface area contributed by atoms with Gasteiger partial charge in [-0.2, -0.15) is 0 Å². The van der Waals surface area contributed by atoms with E-state index in [1.165, 1.54) is 16.3 Å². The summed E-state index contributed by atoms with van der Waals surface area (Å²) in [6, 6.07) is 14.7. The summed E-state index contributed by atoms with van der Waals surface area (Å²) >= 11 is 0. The molecule has 2 aromatic rings. The molecular weight excluding hydrogens is 223 g/mol. The van der Waals surface area contributed by atoms with Gasteiger partial charge in [0.2, 0.25) is 0 Å². The Morgan fingerprint density at radius 2 is 1.62 bits per heavy atom. The van der Waals surface area contributed by atoms with E-state index in [4.69, 9.17) is 14.4 Å². The second kappa shape index (κ2) is 6.23. The van der Waals surface area contributed by atoms with Crippen molar-refractivity contribution in [2.24, 2.45) is 0 Å². The van der Waals surface area contributed by atoms with Crippen LogP contribution in [0.4, 0.5) is 0 Å². The van der Waals surface area contributed by atoms with Gasteiger partial charge in [-0.25, -0.2) is 0 Å². The van der Waals surface area contributed by atoms with Crippen molar-refractivity contribution in [3.63, 3.8) is 0 Å². The quantitative estimate of drug-likeness (QED) is 0.748. The van der Waals surface area contributed by atoms with Gasteiger partial charge in [0.05, 0.1) is 0 Å². The molecule has 0 bridgehead atoms. The van der Waals surface area contributed by atoms with Gasteiger partial charge in [0.25, 0.3) is 0 Å². The molecular formula is C12H13O3P. The van der Waals surface area contributed by atoms with Crippen LogP contribution >= 0.6 is 8.25 Å². The standard InChI is InChI=1S/C12H10.H3O3P/c1-2-10-7-8-11-5-3-4-6-12(11)9-10;1-4(2)3/h2-9H,1H2;4H,(H2,1,2,3). The van der Waals surface area contributed by atoms with E-state index in [0.717, 1.165) is 0 Å². The molecule has 0 aliphatic heterocycles. The molecule has 0 saturated heterocycles. The maximum absolute atomic E-state index is 8.74. The summed E-state index contributed by atoms with van der Waals surface area (Å²) < 4.78 is 8.74. The van der Waals surface area contributed by atoms with E-state index < -0.39 is 8.25 Å². The van der Waals surface area contributed by atoms with Crippen LogP contribution in [0.2, 0.25) is 0 Å². The van der Waals surface area contributed by atoms with Gasteiger partial charge in [0.15, 0.2) is 0 Å². The average molecular weight is 236 g/mol. The normalized spacial score (nSPS) is 9.69. The van der Waals surface area contributed by atoms with Crippen LogP contribution < -0.4 is 0 Å². The second-order valence-corrected chi connectivity index (χ2v) is 3.66. The van der Waals surface area contributed by atoms with E-state index in [0.29, 0.717) is 0 Å². The second-order valence-electron chi connectivity index (χ2n) is 3.09. The van der Waals surface area contributed by atoms with Crippen molar-refractivity contribution in [2.45, 2.75) is 0 Å². The predicted octanol–water partition coefficient (Wildman–Crippen LogP) is 2.84. The van der Waals surface area contributed by atoms with Gasteiger partial charge in [0, 0.05) is 0 Å². The Morgan fingerprint density at radius 1 is 1.06 bits per heavy atom. The highest BCUT2D eigenvalue weighted by Gasteiger charge is 1.90. The first-order valence-corrected chi connectivity index (χ1v) is 5.97. The molecule has 0 unspecified atom stereocenters. The van der Waals surface area contributed by atoms with Crippen molar-refractivity contribution in [3.8, 4) is 0 Å². The molecule has 0 fully saturated rings. The minimum absolute atomic E-state index is 1.17. The first-order valence-electron chi connectivity index (χ1n) is 4.66. The van der Waals surface area contributed by atoms with Crippen molar-refractivity contribution in [2.75, 3.05) is 0 Å². The number of hydrogen-bond acceptors (Lipinski definition) is 1. The SMILES string of the molecule is C=Cc1ccc2ccccc2c1.O=[PH](O)O. The van der Waals surface area contributed by atoms with Crippen LogP contribution in [0, 0.1) is 0 Å². The van der Waals surface area contributed by atoms with Gasteiger partial charge in [-0.1, -0.05) is 49.1 Å². The molecule has 2 rings (SSSR count). The fourth-order valence-corrected chi connectivity index (χ4v) is 1.33. The zero-order valence-electron chi connectivity index (χ0n) is 8.63. The van der Waals surface area contributed by atoms with E-state index in [9.17, 15) is 0 Å². The van der Waals surface area contributed by atoms with Gasteiger partial charge in [-0.3, -0.25) is 4.57 Å². The zero-order valence-corrected chi connectivity index (χ0v) is 9.63. The van der Waals surface area contributed by atoms with E-state index in [1.54, 1.807) is 0 Å². The van der Waals surface area contributed by atoms with Crippen molar-refractivity contribution in [1.29, 1.82) is 0 Å². The van der Waals surface area contributed by atoms with Gasteiger partial charge in [-0.05, 0) is 22.4 Å². The summed E-state index contributed by atoms with van der Waals surface area (Å²) in [6.07, 6.45) is 1.87. The minimum atomic E-state index is -3.13. The van der Waals surface area contributed by atoms with Crippen LogP contribution in [0.25, 0.3) is 16.8 Å². The monoisotopic (exact) mass is 236 g/mol. The number of fused-ring (bicyclic) bond motifs is 1. The predicted molar refractivity (Wildman–Crippen MR) is 67.5 cm³/mol. The molecule has 2 aromatic carbocycles. The summed E-state index contributed by atoms with van der Waals surface area (Å²) in [7, 11) is -3.13. The molecule has 0 aromatic heterocycles. The van der Waals surface area contributed by atoms with Crippen LogP contribution in [0.5, 0.6) is 0 Å². The topological polar surface area (TPSA) is 57.5 Å². The van der Waals surface area contributed by atoms with Crippen LogP contribution in [-0.2, 0) is 4.57 Å². The molecule has 4 heteroatoms. The Labute approximate surface area is 94.6 Å². The van der Waals surface area contributed by atoms with Crippen molar-refractivity contribution in [1.82, 2.24) is 0 Å². The van der Waals surface area contributed by atoms with Crippen LogP contribution in [-0.4, -0.2) is 9.79 Å². The molecule has 0 amide bonds. The molecule has 0 aliphatic rings. The molecule has 16 heavy (non-hydrogen) atoms. The highest BCUT2D eigenvalue weighted by atomic mass is 31.1. The molecule has 2 N–H and O–H groups in total. The lowest BCUT2D eigenvalue weighted by Crippen LogP contribution is -1.73. The third-order valence-corrected chi connectivity index (χ3v) is 2.01. The third-order valence-electron chi connectivity index (χ3n) is 2.01. The van der Waals surface area contributed by atoms with Gasteiger partial charge in [0.1, 0.15) is 0 Å².